The number of rotatable bonds is 5. The van der Waals surface area contributed by atoms with Crippen molar-refractivity contribution in [3.05, 3.63) is 40.7 Å². The minimum atomic E-state index is -0.0603. The van der Waals surface area contributed by atoms with E-state index in [0.717, 1.165) is 37.1 Å². The van der Waals surface area contributed by atoms with Gasteiger partial charge in [0.25, 0.3) is 5.56 Å². The van der Waals surface area contributed by atoms with Gasteiger partial charge in [0.15, 0.2) is 0 Å². The molecule has 0 saturated carbocycles. The highest BCUT2D eigenvalue weighted by Gasteiger charge is 2.12. The minimum Gasteiger partial charge on any atom is -0.376 e. The Labute approximate surface area is 123 Å². The van der Waals surface area contributed by atoms with Gasteiger partial charge in [-0.25, -0.2) is 0 Å². The summed E-state index contributed by atoms with van der Waals surface area (Å²) in [5.74, 6) is 0.743. The number of hydrogen-bond donors (Lipinski definition) is 3. The Morgan fingerprint density at radius 2 is 2.05 bits per heavy atom. The fourth-order valence-corrected chi connectivity index (χ4v) is 2.68. The molecule has 1 aromatic carbocycles. The number of hydrogen-bond acceptors (Lipinski definition) is 4. The Morgan fingerprint density at radius 3 is 2.90 bits per heavy atom. The predicted molar refractivity (Wildman–Crippen MR) is 84.9 cm³/mol. The van der Waals surface area contributed by atoms with E-state index in [-0.39, 0.29) is 5.56 Å². The van der Waals surface area contributed by atoms with E-state index in [1.165, 1.54) is 0 Å². The van der Waals surface area contributed by atoms with E-state index in [1.807, 2.05) is 30.3 Å². The monoisotopic (exact) mass is 287 g/mol. The fourth-order valence-electron chi connectivity index (χ4n) is 2.68. The van der Waals surface area contributed by atoms with Crippen molar-refractivity contribution in [2.45, 2.75) is 18.9 Å². The van der Waals surface area contributed by atoms with Gasteiger partial charge in [-0.05, 0) is 43.5 Å². The lowest BCUT2D eigenvalue weighted by Crippen LogP contribution is -2.33. The molecule has 1 saturated heterocycles. The molecule has 0 amide bonds. The van der Waals surface area contributed by atoms with Crippen LogP contribution in [0.3, 0.4) is 0 Å². The number of piperidine rings is 1. The third-order valence-electron chi connectivity index (χ3n) is 3.81. The van der Waals surface area contributed by atoms with E-state index in [4.69, 9.17) is 4.74 Å². The molecule has 0 radical (unpaired) electrons. The number of anilines is 1. The smallest absolute Gasteiger partial charge is 0.257 e. The van der Waals surface area contributed by atoms with Gasteiger partial charge in [0.2, 0.25) is 0 Å². The maximum atomic E-state index is 11.9. The molecule has 2 aromatic rings. The molecule has 0 bridgehead atoms. The predicted octanol–water partition coefficient (Wildman–Crippen LogP) is 1.71. The van der Waals surface area contributed by atoms with Crippen molar-refractivity contribution in [1.29, 1.82) is 0 Å². The summed E-state index contributed by atoms with van der Waals surface area (Å²) in [6.07, 6.45) is 2.52. The van der Waals surface area contributed by atoms with Gasteiger partial charge in [-0.15, -0.1) is 0 Å². The summed E-state index contributed by atoms with van der Waals surface area (Å²) in [5, 5.41) is 8.20. The molecule has 0 unspecified atom stereocenters. The van der Waals surface area contributed by atoms with Gasteiger partial charge in [-0.1, -0.05) is 18.2 Å². The van der Waals surface area contributed by atoms with E-state index in [2.05, 4.69) is 15.6 Å². The lowest BCUT2D eigenvalue weighted by molar-refractivity contribution is 0.0394. The highest BCUT2D eigenvalue weighted by Crippen LogP contribution is 2.12. The summed E-state index contributed by atoms with van der Waals surface area (Å²) in [6.45, 7) is 3.42. The Kier molecular flexibility index (Phi) is 4.52. The van der Waals surface area contributed by atoms with E-state index in [0.29, 0.717) is 24.6 Å². The molecule has 1 aliphatic heterocycles. The molecule has 5 nitrogen and oxygen atoms in total. The molecule has 0 atom stereocenters. The van der Waals surface area contributed by atoms with E-state index in [9.17, 15) is 4.79 Å². The molecule has 1 aliphatic rings. The summed E-state index contributed by atoms with van der Waals surface area (Å²) in [7, 11) is 0. The minimum absolute atomic E-state index is 0.0603. The molecule has 3 rings (SSSR count). The van der Waals surface area contributed by atoms with Crippen LogP contribution >= 0.6 is 0 Å². The molecule has 1 aromatic heterocycles. The Bertz CT molecular complexity index is 647. The van der Waals surface area contributed by atoms with Crippen LogP contribution in [0, 0.1) is 0 Å². The highest BCUT2D eigenvalue weighted by molar-refractivity contribution is 5.83. The van der Waals surface area contributed by atoms with Crippen molar-refractivity contribution in [2.75, 3.05) is 31.6 Å². The number of aromatic nitrogens is 1. The van der Waals surface area contributed by atoms with E-state index >= 15 is 0 Å². The molecule has 21 heavy (non-hydrogen) atoms. The van der Waals surface area contributed by atoms with Gasteiger partial charge in [-0.3, -0.25) is 4.79 Å². The van der Waals surface area contributed by atoms with Crippen LogP contribution in [0.5, 0.6) is 0 Å². The van der Waals surface area contributed by atoms with Crippen LogP contribution < -0.4 is 16.2 Å². The largest absolute Gasteiger partial charge is 0.376 e. The molecule has 1 fully saturated rings. The molecular formula is C16H21N3O2. The summed E-state index contributed by atoms with van der Waals surface area (Å²) in [5.41, 5.74) is -0.0603. The van der Waals surface area contributed by atoms with Gasteiger partial charge in [0, 0.05) is 11.9 Å². The number of aromatic amines is 1. The summed E-state index contributed by atoms with van der Waals surface area (Å²) < 4.78 is 5.83. The molecule has 0 aliphatic carbocycles. The second kappa shape index (κ2) is 6.74. The van der Waals surface area contributed by atoms with Crippen molar-refractivity contribution in [1.82, 2.24) is 10.3 Å². The van der Waals surface area contributed by atoms with Crippen LogP contribution in [0.2, 0.25) is 0 Å². The molecule has 5 heteroatoms. The topological polar surface area (TPSA) is 66.2 Å². The van der Waals surface area contributed by atoms with Crippen LogP contribution in [0.4, 0.5) is 5.82 Å². The zero-order valence-corrected chi connectivity index (χ0v) is 12.0. The SMILES string of the molecule is O=c1[nH]c(NCCOC2CCNCC2)cc2ccccc12. The average Bonchev–Trinajstić information content (AvgIpc) is 2.53. The van der Waals surface area contributed by atoms with Gasteiger partial charge in [0.1, 0.15) is 5.82 Å². The summed E-state index contributed by atoms with van der Waals surface area (Å²) in [4.78, 5) is 14.8. The normalized spacial score (nSPS) is 16.2. The number of benzene rings is 1. The molecular weight excluding hydrogens is 266 g/mol. The van der Waals surface area contributed by atoms with Crippen LogP contribution in [0.15, 0.2) is 35.1 Å². The highest BCUT2D eigenvalue weighted by atomic mass is 16.5. The number of pyridine rings is 1. The maximum Gasteiger partial charge on any atom is 0.257 e. The number of H-pyrrole nitrogens is 1. The average molecular weight is 287 g/mol. The van der Waals surface area contributed by atoms with Crippen molar-refractivity contribution in [2.24, 2.45) is 0 Å². The first-order chi connectivity index (χ1) is 10.3. The number of ether oxygens (including phenoxy) is 1. The molecule has 112 valence electrons. The lowest BCUT2D eigenvalue weighted by Gasteiger charge is -2.23. The standard InChI is InChI=1S/C16H21N3O2/c20-16-14-4-2-1-3-12(14)11-15(19-16)18-9-10-21-13-5-7-17-8-6-13/h1-4,11,13,17H,5-10H2,(H2,18,19,20). The van der Waals surface area contributed by atoms with Gasteiger partial charge in [0.05, 0.1) is 12.7 Å². The number of fused-ring (bicyclic) bond motifs is 1. The lowest BCUT2D eigenvalue weighted by atomic mass is 10.1. The van der Waals surface area contributed by atoms with Gasteiger partial charge < -0.3 is 20.4 Å². The Morgan fingerprint density at radius 1 is 1.24 bits per heavy atom. The van der Waals surface area contributed by atoms with Gasteiger partial charge in [-0.2, -0.15) is 0 Å². The van der Waals surface area contributed by atoms with Gasteiger partial charge >= 0.3 is 0 Å². The van der Waals surface area contributed by atoms with E-state index < -0.39 is 0 Å². The quantitative estimate of drug-likeness (QED) is 0.732. The first kappa shape index (κ1) is 14.1. The summed E-state index contributed by atoms with van der Waals surface area (Å²) in [6, 6.07) is 9.55. The van der Waals surface area contributed by atoms with E-state index in [1.54, 1.807) is 0 Å². The second-order valence-electron chi connectivity index (χ2n) is 5.35. The zero-order chi connectivity index (χ0) is 14.5. The third kappa shape index (κ3) is 3.62. The first-order valence-corrected chi connectivity index (χ1v) is 7.51. The van der Waals surface area contributed by atoms with Crippen LogP contribution in [0.25, 0.3) is 10.8 Å². The number of nitrogens with one attached hydrogen (secondary N) is 3. The van der Waals surface area contributed by atoms with Crippen LogP contribution in [0.1, 0.15) is 12.8 Å². The van der Waals surface area contributed by atoms with Crippen molar-refractivity contribution in [3.8, 4) is 0 Å². The second-order valence-corrected chi connectivity index (χ2v) is 5.35. The zero-order valence-electron chi connectivity index (χ0n) is 12.0. The van der Waals surface area contributed by atoms with Crippen LogP contribution in [-0.4, -0.2) is 37.3 Å². The summed E-state index contributed by atoms with van der Waals surface area (Å²) >= 11 is 0. The Hall–Kier alpha value is -1.85. The van der Waals surface area contributed by atoms with Crippen molar-refractivity contribution >= 4 is 16.6 Å². The molecule has 0 spiro atoms. The maximum absolute atomic E-state index is 11.9. The van der Waals surface area contributed by atoms with Crippen molar-refractivity contribution in [3.63, 3.8) is 0 Å². The first-order valence-electron chi connectivity index (χ1n) is 7.51. The Balaban J connectivity index is 1.54. The third-order valence-corrected chi connectivity index (χ3v) is 3.81. The fraction of sp³-hybridized carbons (Fsp3) is 0.438. The molecule has 2 heterocycles. The van der Waals surface area contributed by atoms with Crippen molar-refractivity contribution < 1.29 is 4.74 Å². The molecule has 3 N–H and O–H groups in total. The van der Waals surface area contributed by atoms with Crippen LogP contribution in [-0.2, 0) is 4.74 Å².